The highest BCUT2D eigenvalue weighted by atomic mass is 16.6. The van der Waals surface area contributed by atoms with E-state index in [1.165, 1.54) is 32.1 Å². The second-order valence-electron chi connectivity index (χ2n) is 7.46. The summed E-state index contributed by atoms with van der Waals surface area (Å²) in [5.41, 5.74) is -0.434. The first-order valence-electron chi connectivity index (χ1n) is 8.53. The van der Waals surface area contributed by atoms with Crippen LogP contribution in [0, 0.1) is 5.92 Å². The predicted molar refractivity (Wildman–Crippen MR) is 87.5 cm³/mol. The zero-order chi connectivity index (χ0) is 15.9. The lowest BCUT2D eigenvalue weighted by Gasteiger charge is -2.25. The van der Waals surface area contributed by atoms with Crippen molar-refractivity contribution in [2.75, 3.05) is 6.54 Å². The Kier molecular flexibility index (Phi) is 7.50. The molecule has 124 valence electrons. The minimum Gasteiger partial charge on any atom is -0.444 e. The molecule has 0 saturated heterocycles. The van der Waals surface area contributed by atoms with Gasteiger partial charge in [0.25, 0.3) is 0 Å². The Labute approximate surface area is 130 Å². The molecule has 1 amide bonds. The van der Waals surface area contributed by atoms with E-state index in [1.54, 1.807) is 0 Å². The van der Waals surface area contributed by atoms with Crippen LogP contribution in [0.15, 0.2) is 0 Å². The summed E-state index contributed by atoms with van der Waals surface area (Å²) in [6.45, 7) is 10.8. The average Bonchev–Trinajstić information content (AvgIpc) is 2.57. The standard InChI is InChI=1S/C17H34N2O2/c1-6-14(12-18-16(20)21-17(3,4)5)19-15-9-7-8-13(2)10-11-15/h13-15,19H,6-12H2,1-5H3,(H,18,20). The molecule has 0 aromatic rings. The van der Waals surface area contributed by atoms with Gasteiger partial charge in [0.05, 0.1) is 0 Å². The van der Waals surface area contributed by atoms with Gasteiger partial charge < -0.3 is 15.4 Å². The second-order valence-corrected chi connectivity index (χ2v) is 7.46. The minimum absolute atomic E-state index is 0.322. The third kappa shape index (κ3) is 8.30. The van der Waals surface area contributed by atoms with Gasteiger partial charge in [-0.2, -0.15) is 0 Å². The Morgan fingerprint density at radius 1 is 1.24 bits per heavy atom. The lowest BCUT2D eigenvalue weighted by molar-refractivity contribution is 0.0521. The predicted octanol–water partition coefficient (Wildman–Crippen LogP) is 3.85. The lowest BCUT2D eigenvalue weighted by atomic mass is 10.0. The van der Waals surface area contributed by atoms with Crippen LogP contribution in [0.1, 0.15) is 73.1 Å². The molecule has 1 saturated carbocycles. The number of carbonyl (C=O) groups is 1. The number of carbonyl (C=O) groups excluding carboxylic acids is 1. The molecule has 1 aliphatic carbocycles. The minimum atomic E-state index is -0.434. The first kappa shape index (κ1) is 18.3. The number of rotatable bonds is 5. The molecule has 0 aliphatic heterocycles. The fourth-order valence-electron chi connectivity index (χ4n) is 2.83. The second kappa shape index (κ2) is 8.62. The van der Waals surface area contributed by atoms with Gasteiger partial charge in [-0.1, -0.05) is 26.7 Å². The molecule has 0 radical (unpaired) electrons. The van der Waals surface area contributed by atoms with Gasteiger partial charge in [0.1, 0.15) is 5.60 Å². The molecule has 0 spiro atoms. The van der Waals surface area contributed by atoms with Crippen molar-refractivity contribution in [2.45, 2.75) is 90.8 Å². The molecule has 1 aliphatic rings. The summed E-state index contributed by atoms with van der Waals surface area (Å²) in [5, 5.41) is 6.59. The number of alkyl carbamates (subject to hydrolysis) is 1. The van der Waals surface area contributed by atoms with Crippen molar-refractivity contribution in [1.29, 1.82) is 0 Å². The van der Waals surface area contributed by atoms with Gasteiger partial charge in [-0.25, -0.2) is 4.79 Å². The van der Waals surface area contributed by atoms with E-state index in [4.69, 9.17) is 4.74 Å². The molecule has 2 N–H and O–H groups in total. The van der Waals surface area contributed by atoms with Gasteiger partial charge in [0, 0.05) is 18.6 Å². The monoisotopic (exact) mass is 298 g/mol. The molecule has 3 atom stereocenters. The highest BCUT2D eigenvalue weighted by molar-refractivity contribution is 5.67. The van der Waals surface area contributed by atoms with Crippen LogP contribution in [0.4, 0.5) is 4.79 Å². The molecule has 21 heavy (non-hydrogen) atoms. The summed E-state index contributed by atoms with van der Waals surface area (Å²) in [4.78, 5) is 11.7. The normalized spacial score (nSPS) is 25.0. The van der Waals surface area contributed by atoms with Crippen LogP contribution in [0.25, 0.3) is 0 Å². The zero-order valence-electron chi connectivity index (χ0n) is 14.5. The van der Waals surface area contributed by atoms with Crippen molar-refractivity contribution < 1.29 is 9.53 Å². The van der Waals surface area contributed by atoms with Crippen LogP contribution in [0.2, 0.25) is 0 Å². The van der Waals surface area contributed by atoms with Gasteiger partial charge in [-0.15, -0.1) is 0 Å². The fourth-order valence-corrected chi connectivity index (χ4v) is 2.83. The van der Waals surface area contributed by atoms with Crippen molar-refractivity contribution in [3.63, 3.8) is 0 Å². The summed E-state index contributed by atoms with van der Waals surface area (Å²) in [6, 6.07) is 0.927. The lowest BCUT2D eigenvalue weighted by Crippen LogP contribution is -2.46. The molecule has 0 aromatic carbocycles. The zero-order valence-corrected chi connectivity index (χ0v) is 14.5. The van der Waals surface area contributed by atoms with Gasteiger partial charge in [0.2, 0.25) is 0 Å². The van der Waals surface area contributed by atoms with Gasteiger partial charge in [-0.05, 0) is 52.4 Å². The van der Waals surface area contributed by atoms with E-state index < -0.39 is 5.60 Å². The van der Waals surface area contributed by atoms with Crippen molar-refractivity contribution in [3.8, 4) is 0 Å². The highest BCUT2D eigenvalue weighted by Crippen LogP contribution is 2.23. The molecule has 3 unspecified atom stereocenters. The maximum Gasteiger partial charge on any atom is 0.407 e. The van der Waals surface area contributed by atoms with E-state index in [0.29, 0.717) is 18.6 Å². The largest absolute Gasteiger partial charge is 0.444 e. The van der Waals surface area contributed by atoms with Crippen LogP contribution < -0.4 is 10.6 Å². The quantitative estimate of drug-likeness (QED) is 0.758. The van der Waals surface area contributed by atoms with Crippen molar-refractivity contribution >= 4 is 6.09 Å². The average molecular weight is 298 g/mol. The van der Waals surface area contributed by atoms with Crippen LogP contribution in [-0.2, 0) is 4.74 Å². The molecule has 4 nitrogen and oxygen atoms in total. The third-order valence-electron chi connectivity index (χ3n) is 4.11. The summed E-state index contributed by atoms with van der Waals surface area (Å²) >= 11 is 0. The molecule has 4 heteroatoms. The molecule has 1 fully saturated rings. The maximum absolute atomic E-state index is 11.7. The van der Waals surface area contributed by atoms with Crippen LogP contribution in [-0.4, -0.2) is 30.3 Å². The Morgan fingerprint density at radius 2 is 1.95 bits per heavy atom. The number of ether oxygens (including phenoxy) is 1. The summed E-state index contributed by atoms with van der Waals surface area (Å²) < 4.78 is 5.28. The van der Waals surface area contributed by atoms with Crippen molar-refractivity contribution in [1.82, 2.24) is 10.6 Å². The maximum atomic E-state index is 11.7. The Bertz CT molecular complexity index is 312. The van der Waals surface area contributed by atoms with Gasteiger partial charge >= 0.3 is 6.09 Å². The molecule has 0 heterocycles. The number of nitrogens with one attached hydrogen (secondary N) is 2. The van der Waals surface area contributed by atoms with Crippen LogP contribution >= 0.6 is 0 Å². The summed E-state index contributed by atoms with van der Waals surface area (Å²) in [5.74, 6) is 0.858. The molecule has 1 rings (SSSR count). The first-order chi connectivity index (χ1) is 9.80. The van der Waals surface area contributed by atoms with E-state index in [2.05, 4.69) is 24.5 Å². The summed E-state index contributed by atoms with van der Waals surface area (Å²) in [7, 11) is 0. The molecular weight excluding hydrogens is 264 g/mol. The Morgan fingerprint density at radius 3 is 2.57 bits per heavy atom. The highest BCUT2D eigenvalue weighted by Gasteiger charge is 2.20. The number of hydrogen-bond donors (Lipinski definition) is 2. The van der Waals surface area contributed by atoms with Gasteiger partial charge in [0.15, 0.2) is 0 Å². The smallest absolute Gasteiger partial charge is 0.407 e. The molecule has 0 aromatic heterocycles. The van der Waals surface area contributed by atoms with Crippen molar-refractivity contribution in [3.05, 3.63) is 0 Å². The summed E-state index contributed by atoms with van der Waals surface area (Å²) in [6.07, 6.45) is 7.18. The van der Waals surface area contributed by atoms with E-state index in [-0.39, 0.29) is 6.09 Å². The van der Waals surface area contributed by atoms with E-state index >= 15 is 0 Å². The van der Waals surface area contributed by atoms with E-state index in [9.17, 15) is 4.79 Å². The van der Waals surface area contributed by atoms with E-state index in [1.807, 2.05) is 20.8 Å². The Balaban J connectivity index is 2.32. The first-order valence-corrected chi connectivity index (χ1v) is 8.53. The topological polar surface area (TPSA) is 50.4 Å². The fraction of sp³-hybridized carbons (Fsp3) is 0.941. The van der Waals surface area contributed by atoms with E-state index in [0.717, 1.165) is 12.3 Å². The van der Waals surface area contributed by atoms with Crippen molar-refractivity contribution in [2.24, 2.45) is 5.92 Å². The number of amides is 1. The van der Waals surface area contributed by atoms with Gasteiger partial charge in [-0.3, -0.25) is 0 Å². The van der Waals surface area contributed by atoms with Crippen LogP contribution in [0.5, 0.6) is 0 Å². The Hall–Kier alpha value is -0.770. The SMILES string of the molecule is CCC(CNC(=O)OC(C)(C)C)NC1CCCC(C)CC1. The third-order valence-corrected chi connectivity index (χ3v) is 4.11. The van der Waals surface area contributed by atoms with Crippen LogP contribution in [0.3, 0.4) is 0 Å². The molecular formula is C17H34N2O2. The number of hydrogen-bond acceptors (Lipinski definition) is 3. The molecule has 0 bridgehead atoms.